The molecule has 3 heterocycles. The van der Waals surface area contributed by atoms with Gasteiger partial charge in [0.15, 0.2) is 0 Å². The van der Waals surface area contributed by atoms with Crippen molar-refractivity contribution in [3.63, 3.8) is 0 Å². The number of hydrogen-bond donors (Lipinski definition) is 2. The lowest BCUT2D eigenvalue weighted by Crippen LogP contribution is -2.37. The van der Waals surface area contributed by atoms with Crippen molar-refractivity contribution in [2.24, 2.45) is 0 Å². The summed E-state index contributed by atoms with van der Waals surface area (Å²) in [5.74, 6) is -0.196. The number of nitrogens with one attached hydrogen (secondary N) is 2. The Morgan fingerprint density at radius 2 is 1.80 bits per heavy atom. The summed E-state index contributed by atoms with van der Waals surface area (Å²) in [4.78, 5) is 4.09. The number of nitrogens with zero attached hydrogens (tertiary/aromatic N) is 2. The van der Waals surface area contributed by atoms with E-state index >= 15 is 0 Å². The van der Waals surface area contributed by atoms with Gasteiger partial charge in [-0.25, -0.2) is 4.39 Å². The van der Waals surface area contributed by atoms with Crippen LogP contribution in [0.2, 0.25) is 5.02 Å². The number of aromatic nitrogens is 3. The number of aromatic amines is 1. The molecule has 128 valence electrons. The van der Waals surface area contributed by atoms with Gasteiger partial charge >= 0.3 is 0 Å². The van der Waals surface area contributed by atoms with Crippen molar-refractivity contribution in [3.8, 4) is 22.4 Å². The van der Waals surface area contributed by atoms with Crippen LogP contribution in [0.25, 0.3) is 22.4 Å². The zero-order valence-electron chi connectivity index (χ0n) is 13.5. The molecule has 2 atom stereocenters. The number of halogens is 2. The first-order chi connectivity index (χ1) is 12.2. The molecule has 4 nitrogen and oxygen atoms in total. The number of hydrogen-bond acceptors (Lipinski definition) is 3. The molecular formula is C19H18ClFN4. The Morgan fingerprint density at radius 3 is 2.52 bits per heavy atom. The molecule has 1 aliphatic heterocycles. The lowest BCUT2D eigenvalue weighted by molar-refractivity contribution is 0.228. The fraction of sp³-hybridized carbons (Fsp3) is 0.263. The van der Waals surface area contributed by atoms with E-state index in [1.807, 2.05) is 36.4 Å². The van der Waals surface area contributed by atoms with Crippen LogP contribution in [-0.4, -0.2) is 34.4 Å². The molecule has 2 N–H and O–H groups in total. The van der Waals surface area contributed by atoms with Crippen molar-refractivity contribution in [2.75, 3.05) is 13.1 Å². The molecule has 0 radical (unpaired) electrons. The lowest BCUT2D eigenvalue weighted by Gasteiger charge is -2.26. The van der Waals surface area contributed by atoms with Gasteiger partial charge in [-0.05, 0) is 42.8 Å². The second-order valence-electron chi connectivity index (χ2n) is 6.22. The largest absolute Gasteiger partial charge is 0.314 e. The van der Waals surface area contributed by atoms with E-state index in [2.05, 4.69) is 20.5 Å². The van der Waals surface area contributed by atoms with Crippen molar-refractivity contribution < 1.29 is 4.39 Å². The highest BCUT2D eigenvalue weighted by Crippen LogP contribution is 2.39. The van der Waals surface area contributed by atoms with Gasteiger partial charge < -0.3 is 5.32 Å². The molecule has 0 bridgehead atoms. The topological polar surface area (TPSA) is 53.6 Å². The van der Waals surface area contributed by atoms with Gasteiger partial charge in [-0.2, -0.15) is 5.10 Å². The van der Waals surface area contributed by atoms with E-state index in [1.54, 1.807) is 12.4 Å². The van der Waals surface area contributed by atoms with Crippen molar-refractivity contribution in [1.82, 2.24) is 20.5 Å². The monoisotopic (exact) mass is 356 g/mol. The number of rotatable bonds is 3. The molecule has 0 saturated carbocycles. The Balaban J connectivity index is 1.86. The van der Waals surface area contributed by atoms with Crippen molar-refractivity contribution in [1.29, 1.82) is 0 Å². The smallest absolute Gasteiger partial charge is 0.121 e. The standard InChI is InChI=1S/C19H18ClFN4/c20-14-3-1-13(2-4-14)18-17(12-5-8-22-9-6-12)19(25-24-18)15-7-10-23-11-16(15)21/h1-6,8-9,15-16,23H,7,10-11H2,(H,24,25). The highest BCUT2D eigenvalue weighted by atomic mass is 35.5. The van der Waals surface area contributed by atoms with E-state index in [4.69, 9.17) is 11.6 Å². The minimum atomic E-state index is -0.937. The third-order valence-corrected chi connectivity index (χ3v) is 4.91. The Hall–Kier alpha value is -2.24. The molecule has 2 aromatic heterocycles. The van der Waals surface area contributed by atoms with Crippen LogP contribution < -0.4 is 5.32 Å². The molecule has 1 fully saturated rings. The molecule has 4 rings (SSSR count). The van der Waals surface area contributed by atoms with Crippen molar-refractivity contribution in [2.45, 2.75) is 18.5 Å². The first-order valence-electron chi connectivity index (χ1n) is 8.33. The first-order valence-corrected chi connectivity index (χ1v) is 8.71. The highest BCUT2D eigenvalue weighted by Gasteiger charge is 2.31. The Bertz CT molecular complexity index is 848. The van der Waals surface area contributed by atoms with E-state index in [-0.39, 0.29) is 5.92 Å². The minimum absolute atomic E-state index is 0.196. The maximum atomic E-state index is 14.6. The second-order valence-corrected chi connectivity index (χ2v) is 6.66. The van der Waals surface area contributed by atoms with Crippen LogP contribution in [0.15, 0.2) is 48.8 Å². The molecule has 6 heteroatoms. The second kappa shape index (κ2) is 6.94. The van der Waals surface area contributed by atoms with Gasteiger partial charge in [0.25, 0.3) is 0 Å². The van der Waals surface area contributed by atoms with E-state index in [0.29, 0.717) is 11.6 Å². The van der Waals surface area contributed by atoms with E-state index < -0.39 is 6.17 Å². The Morgan fingerprint density at radius 1 is 1.04 bits per heavy atom. The van der Waals surface area contributed by atoms with Crippen LogP contribution in [0.5, 0.6) is 0 Å². The first kappa shape index (κ1) is 16.2. The lowest BCUT2D eigenvalue weighted by atomic mass is 9.87. The predicted octanol–water partition coefficient (Wildman–Crippen LogP) is 4.21. The van der Waals surface area contributed by atoms with E-state index in [9.17, 15) is 4.39 Å². The summed E-state index contributed by atoms with van der Waals surface area (Å²) in [6.07, 6.45) is 3.29. The van der Waals surface area contributed by atoms with Crippen LogP contribution >= 0.6 is 11.6 Å². The number of piperidine rings is 1. The average Bonchev–Trinajstić information content (AvgIpc) is 3.08. The predicted molar refractivity (Wildman–Crippen MR) is 97.4 cm³/mol. The van der Waals surface area contributed by atoms with Gasteiger partial charge in [0.05, 0.1) is 0 Å². The van der Waals surface area contributed by atoms with E-state index in [0.717, 1.165) is 41.0 Å². The molecule has 0 spiro atoms. The molecule has 3 aromatic rings. The summed E-state index contributed by atoms with van der Waals surface area (Å²) < 4.78 is 14.6. The molecule has 25 heavy (non-hydrogen) atoms. The van der Waals surface area contributed by atoms with Gasteiger partial charge in [0.2, 0.25) is 0 Å². The zero-order chi connectivity index (χ0) is 17.2. The normalized spacial score (nSPS) is 20.6. The maximum Gasteiger partial charge on any atom is 0.121 e. The summed E-state index contributed by atoms with van der Waals surface area (Å²) >= 11 is 6.01. The van der Waals surface area contributed by atoms with Gasteiger partial charge in [-0.1, -0.05) is 23.7 Å². The number of alkyl halides is 1. The SMILES string of the molecule is FC1CNCCC1c1[nH]nc(-c2ccc(Cl)cc2)c1-c1ccncc1. The van der Waals surface area contributed by atoms with Gasteiger partial charge in [-0.15, -0.1) is 0 Å². The molecule has 0 aliphatic carbocycles. The maximum absolute atomic E-state index is 14.6. The minimum Gasteiger partial charge on any atom is -0.314 e. The van der Waals surface area contributed by atoms with Crippen molar-refractivity contribution in [3.05, 3.63) is 59.5 Å². The molecule has 1 saturated heterocycles. The third-order valence-electron chi connectivity index (χ3n) is 4.66. The third kappa shape index (κ3) is 3.17. The molecule has 0 amide bonds. The summed E-state index contributed by atoms with van der Waals surface area (Å²) in [7, 11) is 0. The number of pyridine rings is 1. The molecular weight excluding hydrogens is 339 g/mol. The summed E-state index contributed by atoms with van der Waals surface area (Å²) in [6, 6.07) is 11.4. The fourth-order valence-electron chi connectivity index (χ4n) is 3.40. The van der Waals surface area contributed by atoms with E-state index in [1.165, 1.54) is 0 Å². The molecule has 2 unspecified atom stereocenters. The van der Waals surface area contributed by atoms with Crippen LogP contribution in [0, 0.1) is 0 Å². The van der Waals surface area contributed by atoms with Gasteiger partial charge in [0.1, 0.15) is 11.9 Å². The molecule has 1 aliphatic rings. The fourth-order valence-corrected chi connectivity index (χ4v) is 3.52. The van der Waals surface area contributed by atoms with Crippen molar-refractivity contribution >= 4 is 11.6 Å². The number of benzene rings is 1. The van der Waals surface area contributed by atoms with Crippen LogP contribution in [0.1, 0.15) is 18.0 Å². The quantitative estimate of drug-likeness (QED) is 0.739. The summed E-state index contributed by atoms with van der Waals surface area (Å²) in [5, 5.41) is 11.4. The van der Waals surface area contributed by atoms with Crippen LogP contribution in [-0.2, 0) is 0 Å². The summed E-state index contributed by atoms with van der Waals surface area (Å²) in [6.45, 7) is 1.17. The average molecular weight is 357 g/mol. The van der Waals surface area contributed by atoms with Crippen LogP contribution in [0.3, 0.4) is 0 Å². The Labute approximate surface area is 150 Å². The molecule has 1 aromatic carbocycles. The van der Waals surface area contributed by atoms with Gasteiger partial charge in [-0.3, -0.25) is 10.1 Å². The zero-order valence-corrected chi connectivity index (χ0v) is 14.3. The van der Waals surface area contributed by atoms with Gasteiger partial charge in [0, 0.05) is 46.7 Å². The highest BCUT2D eigenvalue weighted by molar-refractivity contribution is 6.30. The number of H-pyrrole nitrogens is 1. The Kier molecular flexibility index (Phi) is 4.51. The van der Waals surface area contributed by atoms with Crippen LogP contribution in [0.4, 0.5) is 4.39 Å². The summed E-state index contributed by atoms with van der Waals surface area (Å²) in [5.41, 5.74) is 4.53.